The molecule has 0 spiro atoms. The Hall–Kier alpha value is -7.34. The lowest BCUT2D eigenvalue weighted by molar-refractivity contribution is 1.18. The lowest BCUT2D eigenvalue weighted by atomic mass is 9.93. The summed E-state index contributed by atoms with van der Waals surface area (Å²) in [4.78, 5) is 8.99. The summed E-state index contributed by atoms with van der Waals surface area (Å²) < 4.78 is 2.38. The molecule has 9 aromatic rings. The topological polar surface area (TPSA) is 78.3 Å². The third-order valence-corrected chi connectivity index (χ3v) is 9.57. The fraction of sp³-hybridized carbons (Fsp3) is 0. The van der Waals surface area contributed by atoms with E-state index in [0.29, 0.717) is 11.1 Å². The first-order valence-corrected chi connectivity index (χ1v) is 16.7. The Morgan fingerprint density at radius 1 is 0.431 bits per heavy atom. The normalized spacial score (nSPS) is 11.1. The van der Waals surface area contributed by atoms with Gasteiger partial charge in [-0.1, -0.05) is 103 Å². The standard InChI is InChI=1S/C46H27N5/c47-28-30-20-22-49-42(24-30)34-14-10-32(11-15-34)36-18-19-40-44(26-36)51(37-6-2-1-3-7-37)45-27-41(38-8-4-5-9-39(38)46(40)45)33-12-16-35(17-13-33)43-25-31(29-48)21-23-50-43/h1-27H. The Morgan fingerprint density at radius 2 is 0.980 bits per heavy atom. The van der Waals surface area contributed by atoms with Crippen LogP contribution in [0, 0.1) is 22.7 Å². The van der Waals surface area contributed by atoms with Crippen LogP contribution in [-0.2, 0) is 0 Å². The first-order valence-electron chi connectivity index (χ1n) is 16.7. The molecule has 6 aromatic carbocycles. The van der Waals surface area contributed by atoms with Crippen LogP contribution in [0.4, 0.5) is 0 Å². The molecule has 9 rings (SSSR count). The predicted octanol–water partition coefficient (Wildman–Crippen LogP) is 11.1. The number of hydrogen-bond acceptors (Lipinski definition) is 4. The van der Waals surface area contributed by atoms with E-state index in [1.54, 1.807) is 24.5 Å². The van der Waals surface area contributed by atoms with Crippen LogP contribution in [0.1, 0.15) is 11.1 Å². The lowest BCUT2D eigenvalue weighted by Crippen LogP contribution is -1.94. The van der Waals surface area contributed by atoms with Gasteiger partial charge in [0, 0.05) is 40.0 Å². The van der Waals surface area contributed by atoms with Crippen LogP contribution in [0.3, 0.4) is 0 Å². The summed E-state index contributed by atoms with van der Waals surface area (Å²) in [6, 6.07) is 56.6. The van der Waals surface area contributed by atoms with Crippen LogP contribution >= 0.6 is 0 Å². The van der Waals surface area contributed by atoms with Crippen molar-refractivity contribution in [2.24, 2.45) is 0 Å². The van der Waals surface area contributed by atoms with E-state index in [-0.39, 0.29) is 0 Å². The Balaban J connectivity index is 1.22. The van der Waals surface area contributed by atoms with Crippen molar-refractivity contribution in [3.05, 3.63) is 175 Å². The largest absolute Gasteiger partial charge is 0.309 e. The highest BCUT2D eigenvalue weighted by Gasteiger charge is 2.19. The number of nitriles is 2. The maximum Gasteiger partial charge on any atom is 0.0992 e. The minimum absolute atomic E-state index is 0.592. The summed E-state index contributed by atoms with van der Waals surface area (Å²) in [5, 5.41) is 23.5. The van der Waals surface area contributed by atoms with Crippen LogP contribution < -0.4 is 0 Å². The molecule has 5 nitrogen and oxygen atoms in total. The van der Waals surface area contributed by atoms with Crippen molar-refractivity contribution in [1.82, 2.24) is 14.5 Å². The van der Waals surface area contributed by atoms with Gasteiger partial charge in [-0.2, -0.15) is 10.5 Å². The number of rotatable bonds is 5. The minimum atomic E-state index is 0.592. The van der Waals surface area contributed by atoms with Crippen molar-refractivity contribution in [1.29, 1.82) is 10.5 Å². The molecule has 0 radical (unpaired) electrons. The smallest absolute Gasteiger partial charge is 0.0992 e. The molecule has 3 heterocycles. The SMILES string of the molecule is N#Cc1ccnc(-c2ccc(-c3ccc4c5c6ccccc6c(-c6ccc(-c7cc(C#N)ccn7)cc6)cc5n(-c5ccccc5)c4c3)cc2)c1. The van der Waals surface area contributed by atoms with Crippen LogP contribution in [-0.4, -0.2) is 14.5 Å². The highest BCUT2D eigenvalue weighted by molar-refractivity contribution is 6.24. The number of nitrogens with zero attached hydrogens (tertiary/aromatic N) is 5. The Morgan fingerprint density at radius 3 is 1.61 bits per heavy atom. The van der Waals surface area contributed by atoms with E-state index in [4.69, 9.17) is 0 Å². The van der Waals surface area contributed by atoms with E-state index in [2.05, 4.69) is 154 Å². The molecule has 3 aromatic heterocycles. The van der Waals surface area contributed by atoms with Gasteiger partial charge in [0.15, 0.2) is 0 Å². The van der Waals surface area contributed by atoms with Gasteiger partial charge in [-0.3, -0.25) is 9.97 Å². The molecular formula is C46H27N5. The fourth-order valence-corrected chi connectivity index (χ4v) is 7.12. The van der Waals surface area contributed by atoms with Crippen molar-refractivity contribution in [2.75, 3.05) is 0 Å². The van der Waals surface area contributed by atoms with Crippen LogP contribution in [0.25, 0.3) is 83.0 Å². The van der Waals surface area contributed by atoms with Crippen molar-refractivity contribution in [3.8, 4) is 62.6 Å². The van der Waals surface area contributed by atoms with E-state index < -0.39 is 0 Å². The number of fused-ring (bicyclic) bond motifs is 5. The number of benzene rings is 6. The second kappa shape index (κ2) is 12.3. The summed E-state index contributed by atoms with van der Waals surface area (Å²) in [6.45, 7) is 0. The molecule has 0 aliphatic heterocycles. The molecule has 0 saturated carbocycles. The van der Waals surface area contributed by atoms with Crippen molar-refractivity contribution in [2.45, 2.75) is 0 Å². The summed E-state index contributed by atoms with van der Waals surface area (Å²) in [5.74, 6) is 0. The second-order valence-corrected chi connectivity index (χ2v) is 12.5. The molecule has 0 aliphatic carbocycles. The highest BCUT2D eigenvalue weighted by Crippen LogP contribution is 2.42. The van der Waals surface area contributed by atoms with Gasteiger partial charge in [0.2, 0.25) is 0 Å². The molecule has 5 heteroatoms. The summed E-state index contributed by atoms with van der Waals surface area (Å²) in [6.07, 6.45) is 3.36. The monoisotopic (exact) mass is 649 g/mol. The average molecular weight is 650 g/mol. The summed E-state index contributed by atoms with van der Waals surface area (Å²) >= 11 is 0. The summed E-state index contributed by atoms with van der Waals surface area (Å²) in [7, 11) is 0. The number of para-hydroxylation sites is 1. The third kappa shape index (κ3) is 5.18. The lowest BCUT2D eigenvalue weighted by Gasteiger charge is -2.13. The highest BCUT2D eigenvalue weighted by atomic mass is 15.0. The van der Waals surface area contributed by atoms with Gasteiger partial charge in [0.1, 0.15) is 0 Å². The first kappa shape index (κ1) is 29.8. The molecule has 0 saturated heterocycles. The first-order chi connectivity index (χ1) is 25.2. The van der Waals surface area contributed by atoms with Crippen LogP contribution in [0.5, 0.6) is 0 Å². The van der Waals surface area contributed by atoms with Gasteiger partial charge in [0.25, 0.3) is 0 Å². The number of pyridine rings is 2. The molecule has 0 unspecified atom stereocenters. The molecule has 0 aliphatic rings. The minimum Gasteiger partial charge on any atom is -0.309 e. The van der Waals surface area contributed by atoms with Gasteiger partial charge in [-0.05, 0) is 81.6 Å². The van der Waals surface area contributed by atoms with E-state index >= 15 is 0 Å². The second-order valence-electron chi connectivity index (χ2n) is 12.5. The van der Waals surface area contributed by atoms with E-state index in [1.165, 1.54) is 21.5 Å². The molecule has 0 atom stereocenters. The van der Waals surface area contributed by atoms with Crippen molar-refractivity contribution >= 4 is 32.6 Å². The van der Waals surface area contributed by atoms with Gasteiger partial charge < -0.3 is 4.57 Å². The van der Waals surface area contributed by atoms with Crippen LogP contribution in [0.15, 0.2) is 164 Å². The zero-order valence-electron chi connectivity index (χ0n) is 27.3. The maximum atomic E-state index is 9.39. The molecule has 236 valence electrons. The number of hydrogen-bond donors (Lipinski definition) is 0. The summed E-state index contributed by atoms with van der Waals surface area (Å²) in [5.41, 5.74) is 12.5. The van der Waals surface area contributed by atoms with E-state index in [1.807, 2.05) is 12.1 Å². The molecule has 0 fully saturated rings. The molecule has 0 bridgehead atoms. The third-order valence-electron chi connectivity index (χ3n) is 9.57. The van der Waals surface area contributed by atoms with Gasteiger partial charge in [-0.15, -0.1) is 0 Å². The van der Waals surface area contributed by atoms with Crippen molar-refractivity contribution < 1.29 is 0 Å². The van der Waals surface area contributed by atoms with Gasteiger partial charge in [0.05, 0.1) is 45.7 Å². The van der Waals surface area contributed by atoms with Crippen molar-refractivity contribution in [3.63, 3.8) is 0 Å². The molecular weight excluding hydrogens is 623 g/mol. The Kier molecular flexibility index (Phi) is 7.17. The quantitative estimate of drug-likeness (QED) is 0.186. The van der Waals surface area contributed by atoms with Crippen LogP contribution in [0.2, 0.25) is 0 Å². The predicted molar refractivity (Wildman–Crippen MR) is 205 cm³/mol. The van der Waals surface area contributed by atoms with E-state index in [0.717, 1.165) is 61.5 Å². The van der Waals surface area contributed by atoms with Gasteiger partial charge in [-0.25, -0.2) is 0 Å². The molecule has 0 N–H and O–H groups in total. The Labute approximate surface area is 294 Å². The fourth-order valence-electron chi connectivity index (χ4n) is 7.12. The average Bonchev–Trinajstić information content (AvgIpc) is 3.54. The van der Waals surface area contributed by atoms with Gasteiger partial charge >= 0.3 is 0 Å². The van der Waals surface area contributed by atoms with E-state index in [9.17, 15) is 10.5 Å². The maximum absolute atomic E-state index is 9.39. The Bertz CT molecular complexity index is 2850. The molecule has 51 heavy (non-hydrogen) atoms. The zero-order valence-corrected chi connectivity index (χ0v) is 27.3. The number of aromatic nitrogens is 3. The molecule has 0 amide bonds. The zero-order chi connectivity index (χ0) is 34.3.